The highest BCUT2D eigenvalue weighted by atomic mass is 16.3. The molecule has 0 bridgehead atoms. The van der Waals surface area contributed by atoms with E-state index in [1.807, 2.05) is 18.2 Å². The summed E-state index contributed by atoms with van der Waals surface area (Å²) in [4.78, 5) is 17.2. The maximum atomic E-state index is 12.6. The summed E-state index contributed by atoms with van der Waals surface area (Å²) >= 11 is 0. The molecule has 5 nitrogen and oxygen atoms in total. The molecular weight excluding hydrogens is 278 g/mol. The quantitative estimate of drug-likeness (QED) is 0.890. The Balaban J connectivity index is 1.96. The number of benzene rings is 1. The van der Waals surface area contributed by atoms with Crippen LogP contribution in [0, 0.1) is 5.41 Å². The first-order chi connectivity index (χ1) is 10.6. The van der Waals surface area contributed by atoms with Crippen LogP contribution in [0.25, 0.3) is 10.9 Å². The minimum absolute atomic E-state index is 0.0775. The minimum Gasteiger partial charge on any atom is -0.395 e. The molecule has 22 heavy (non-hydrogen) atoms. The van der Waals surface area contributed by atoms with Crippen LogP contribution in [-0.2, 0) is 6.54 Å². The van der Waals surface area contributed by atoms with Crippen molar-refractivity contribution in [3.63, 3.8) is 0 Å². The van der Waals surface area contributed by atoms with Gasteiger partial charge in [-0.25, -0.2) is 4.98 Å². The number of aromatic nitrogens is 2. The van der Waals surface area contributed by atoms with E-state index in [0.29, 0.717) is 16.9 Å². The van der Waals surface area contributed by atoms with Gasteiger partial charge in [0, 0.05) is 6.54 Å². The lowest BCUT2D eigenvalue weighted by Crippen LogP contribution is -2.30. The summed E-state index contributed by atoms with van der Waals surface area (Å²) in [7, 11) is 0. The first-order valence-corrected chi connectivity index (χ1v) is 7.97. The summed E-state index contributed by atoms with van der Waals surface area (Å²) in [5, 5.41) is 13.2. The summed E-state index contributed by atoms with van der Waals surface area (Å²) in [5.41, 5.74) is 0.868. The van der Waals surface area contributed by atoms with Gasteiger partial charge in [-0.05, 0) is 30.4 Å². The number of fused-ring (bicyclic) bond motifs is 1. The van der Waals surface area contributed by atoms with Crippen LogP contribution in [0.3, 0.4) is 0 Å². The van der Waals surface area contributed by atoms with Gasteiger partial charge in [-0.2, -0.15) is 0 Å². The Morgan fingerprint density at radius 1 is 1.32 bits per heavy atom. The Morgan fingerprint density at radius 3 is 2.77 bits per heavy atom. The van der Waals surface area contributed by atoms with Crippen molar-refractivity contribution < 1.29 is 5.11 Å². The molecule has 0 atom stereocenters. The van der Waals surface area contributed by atoms with E-state index in [4.69, 9.17) is 0 Å². The Bertz CT molecular complexity index is 717. The highest BCUT2D eigenvalue weighted by molar-refractivity contribution is 5.78. The summed E-state index contributed by atoms with van der Waals surface area (Å²) in [6.07, 6.45) is 4.95. The average molecular weight is 301 g/mol. The fourth-order valence-electron chi connectivity index (χ4n) is 3.31. The van der Waals surface area contributed by atoms with Gasteiger partial charge in [-0.3, -0.25) is 9.36 Å². The van der Waals surface area contributed by atoms with Gasteiger partial charge in [-0.1, -0.05) is 31.9 Å². The van der Waals surface area contributed by atoms with E-state index >= 15 is 0 Å². The molecule has 0 unspecified atom stereocenters. The molecule has 0 aliphatic heterocycles. The van der Waals surface area contributed by atoms with Crippen molar-refractivity contribution in [3.8, 4) is 0 Å². The van der Waals surface area contributed by atoms with Gasteiger partial charge in [0.15, 0.2) is 0 Å². The number of hydrogen-bond acceptors (Lipinski definition) is 4. The van der Waals surface area contributed by atoms with Crippen LogP contribution in [0.4, 0.5) is 5.95 Å². The second-order valence-electron chi connectivity index (χ2n) is 6.50. The van der Waals surface area contributed by atoms with E-state index in [0.717, 1.165) is 6.54 Å². The Kier molecular flexibility index (Phi) is 4.16. The Morgan fingerprint density at radius 2 is 2.05 bits per heavy atom. The maximum absolute atomic E-state index is 12.6. The van der Waals surface area contributed by atoms with Gasteiger partial charge in [0.2, 0.25) is 5.95 Å². The molecule has 1 heterocycles. The lowest BCUT2D eigenvalue weighted by molar-refractivity contribution is 0.274. The molecule has 1 aromatic heterocycles. The van der Waals surface area contributed by atoms with Crippen LogP contribution in [0.1, 0.15) is 32.6 Å². The second-order valence-corrected chi connectivity index (χ2v) is 6.50. The van der Waals surface area contributed by atoms with Crippen LogP contribution < -0.4 is 10.9 Å². The van der Waals surface area contributed by atoms with Crippen LogP contribution in [-0.4, -0.2) is 27.8 Å². The molecule has 1 aliphatic carbocycles. The minimum atomic E-state index is -0.0984. The molecule has 2 N–H and O–H groups in total. The first kappa shape index (κ1) is 15.0. The number of aliphatic hydroxyl groups excluding tert-OH is 1. The number of para-hydroxylation sites is 1. The zero-order valence-electron chi connectivity index (χ0n) is 13.0. The third-order valence-electron chi connectivity index (χ3n) is 4.67. The predicted molar refractivity (Wildman–Crippen MR) is 88.2 cm³/mol. The molecule has 1 aliphatic rings. The third kappa shape index (κ3) is 2.86. The number of anilines is 1. The van der Waals surface area contributed by atoms with Gasteiger partial charge >= 0.3 is 0 Å². The standard InChI is InChI=1S/C17H23N3O2/c1-17(8-4-5-9-17)12-18-16-19-14-7-3-2-6-13(14)15(22)20(16)10-11-21/h2-3,6-7,21H,4-5,8-12H2,1H3,(H,18,19). The van der Waals surface area contributed by atoms with Crippen molar-refractivity contribution in [2.75, 3.05) is 18.5 Å². The van der Waals surface area contributed by atoms with Crippen LogP contribution in [0.5, 0.6) is 0 Å². The number of hydrogen-bond donors (Lipinski definition) is 2. The summed E-state index contributed by atoms with van der Waals surface area (Å²) < 4.78 is 1.54. The molecule has 0 spiro atoms. The maximum Gasteiger partial charge on any atom is 0.262 e. The molecular formula is C17H23N3O2. The highest BCUT2D eigenvalue weighted by Gasteiger charge is 2.28. The lowest BCUT2D eigenvalue weighted by atomic mass is 9.89. The van der Waals surface area contributed by atoms with Gasteiger partial charge < -0.3 is 10.4 Å². The van der Waals surface area contributed by atoms with Gasteiger partial charge in [-0.15, -0.1) is 0 Å². The van der Waals surface area contributed by atoms with Crippen molar-refractivity contribution in [1.82, 2.24) is 9.55 Å². The summed E-state index contributed by atoms with van der Waals surface area (Å²) in [5.74, 6) is 0.561. The summed E-state index contributed by atoms with van der Waals surface area (Å²) in [6, 6.07) is 7.34. The molecule has 5 heteroatoms. The SMILES string of the molecule is CC1(CNc2nc3ccccc3c(=O)n2CCO)CCCC1. The molecule has 1 saturated carbocycles. The van der Waals surface area contributed by atoms with Crippen molar-refractivity contribution in [1.29, 1.82) is 0 Å². The molecule has 1 fully saturated rings. The number of rotatable bonds is 5. The Labute approximate surface area is 130 Å². The van der Waals surface area contributed by atoms with Crippen molar-refractivity contribution in [2.24, 2.45) is 5.41 Å². The monoisotopic (exact) mass is 301 g/mol. The highest BCUT2D eigenvalue weighted by Crippen LogP contribution is 2.37. The summed E-state index contributed by atoms with van der Waals surface area (Å²) in [6.45, 7) is 3.27. The lowest BCUT2D eigenvalue weighted by Gasteiger charge is -2.25. The first-order valence-electron chi connectivity index (χ1n) is 7.97. The molecule has 2 aromatic rings. The van der Waals surface area contributed by atoms with E-state index in [1.165, 1.54) is 25.7 Å². The van der Waals surface area contributed by atoms with Crippen molar-refractivity contribution in [2.45, 2.75) is 39.2 Å². The van der Waals surface area contributed by atoms with E-state index in [2.05, 4.69) is 17.2 Å². The van der Waals surface area contributed by atoms with Crippen molar-refractivity contribution >= 4 is 16.9 Å². The number of nitrogens with one attached hydrogen (secondary N) is 1. The van der Waals surface area contributed by atoms with Crippen LogP contribution in [0.15, 0.2) is 29.1 Å². The second kappa shape index (κ2) is 6.08. The van der Waals surface area contributed by atoms with Crippen LogP contribution >= 0.6 is 0 Å². The fourth-order valence-corrected chi connectivity index (χ4v) is 3.31. The number of aliphatic hydroxyl groups is 1. The van der Waals surface area contributed by atoms with Crippen molar-refractivity contribution in [3.05, 3.63) is 34.6 Å². The molecule has 1 aromatic carbocycles. The smallest absolute Gasteiger partial charge is 0.262 e. The van der Waals surface area contributed by atoms with Gasteiger partial charge in [0.1, 0.15) is 0 Å². The normalized spacial score (nSPS) is 17.0. The topological polar surface area (TPSA) is 67.2 Å². The zero-order chi connectivity index (χ0) is 15.6. The van der Waals surface area contributed by atoms with E-state index in [1.54, 1.807) is 10.6 Å². The zero-order valence-corrected chi connectivity index (χ0v) is 13.0. The molecule has 0 radical (unpaired) electrons. The molecule has 0 saturated heterocycles. The fraction of sp³-hybridized carbons (Fsp3) is 0.529. The van der Waals surface area contributed by atoms with E-state index in [9.17, 15) is 9.90 Å². The van der Waals surface area contributed by atoms with Crippen LogP contribution in [0.2, 0.25) is 0 Å². The largest absolute Gasteiger partial charge is 0.395 e. The Hall–Kier alpha value is -1.88. The number of nitrogens with zero attached hydrogens (tertiary/aromatic N) is 2. The molecule has 0 amide bonds. The third-order valence-corrected chi connectivity index (χ3v) is 4.67. The molecule has 118 valence electrons. The predicted octanol–water partition coefficient (Wildman–Crippen LogP) is 2.38. The van der Waals surface area contributed by atoms with Gasteiger partial charge in [0.05, 0.1) is 24.1 Å². The average Bonchev–Trinajstić information content (AvgIpc) is 2.96. The molecule has 3 rings (SSSR count). The van der Waals surface area contributed by atoms with E-state index in [-0.39, 0.29) is 24.1 Å². The van der Waals surface area contributed by atoms with E-state index < -0.39 is 0 Å². The van der Waals surface area contributed by atoms with Gasteiger partial charge in [0.25, 0.3) is 5.56 Å².